The zero-order valence-corrected chi connectivity index (χ0v) is 16.1. The molecule has 1 unspecified atom stereocenters. The Kier molecular flexibility index (Phi) is 7.24. The van der Waals surface area contributed by atoms with E-state index in [9.17, 15) is 4.79 Å². The van der Waals surface area contributed by atoms with E-state index in [0.717, 1.165) is 11.3 Å². The number of hydrogen-bond acceptors (Lipinski definition) is 5. The molecule has 0 radical (unpaired) electrons. The van der Waals surface area contributed by atoms with Crippen molar-refractivity contribution in [2.75, 3.05) is 5.32 Å². The standard InChI is InChI=1S/C18H21Cl2N5O/c1-11-8-9-22-18(24-11)25-15(17(21)12(2)23-10-26)7-6-13-4-3-5-14(19)16(13)20/h3-5,8-10,12H,6-7,21H2,1-2H3,(H,23,26)(H,22,24,25)/b17-15-. The second kappa shape index (κ2) is 9.40. The number of aromatic nitrogens is 2. The first kappa shape index (κ1) is 20.0. The van der Waals surface area contributed by atoms with Crippen molar-refractivity contribution in [3.8, 4) is 0 Å². The van der Waals surface area contributed by atoms with Crippen molar-refractivity contribution in [1.29, 1.82) is 0 Å². The summed E-state index contributed by atoms with van der Waals surface area (Å²) in [5, 5.41) is 6.85. The molecule has 0 saturated carbocycles. The van der Waals surface area contributed by atoms with E-state index in [1.165, 1.54) is 0 Å². The van der Waals surface area contributed by atoms with Gasteiger partial charge in [-0.1, -0.05) is 35.3 Å². The highest BCUT2D eigenvalue weighted by Crippen LogP contribution is 2.27. The number of benzene rings is 1. The quantitative estimate of drug-likeness (QED) is 0.597. The number of halogens is 2. The summed E-state index contributed by atoms with van der Waals surface area (Å²) in [6, 6.07) is 6.98. The van der Waals surface area contributed by atoms with E-state index in [1.54, 1.807) is 25.3 Å². The fraction of sp³-hybridized carbons (Fsp3) is 0.278. The summed E-state index contributed by atoms with van der Waals surface area (Å²) in [6.45, 7) is 3.68. The van der Waals surface area contributed by atoms with E-state index in [4.69, 9.17) is 28.9 Å². The molecule has 138 valence electrons. The van der Waals surface area contributed by atoms with Crippen molar-refractivity contribution in [3.05, 3.63) is 63.2 Å². The predicted octanol–water partition coefficient (Wildman–Crippen LogP) is 3.44. The van der Waals surface area contributed by atoms with E-state index in [-0.39, 0.29) is 6.04 Å². The van der Waals surface area contributed by atoms with Crippen LogP contribution < -0.4 is 16.4 Å². The number of amides is 1. The van der Waals surface area contributed by atoms with Crippen LogP contribution in [0.2, 0.25) is 10.0 Å². The van der Waals surface area contributed by atoms with Gasteiger partial charge >= 0.3 is 0 Å². The number of carbonyl (C=O) groups excluding carboxylic acids is 1. The maximum atomic E-state index is 10.7. The SMILES string of the molecule is Cc1ccnc(N/C(CCc2cccc(Cl)c2Cl)=C(\N)C(C)NC=O)n1. The lowest BCUT2D eigenvalue weighted by Gasteiger charge is -2.18. The van der Waals surface area contributed by atoms with E-state index in [2.05, 4.69) is 20.6 Å². The molecule has 4 N–H and O–H groups in total. The van der Waals surface area contributed by atoms with E-state index in [0.29, 0.717) is 46.6 Å². The Hall–Kier alpha value is -2.31. The first-order chi connectivity index (χ1) is 12.4. The highest BCUT2D eigenvalue weighted by atomic mass is 35.5. The van der Waals surface area contributed by atoms with Gasteiger partial charge in [-0.2, -0.15) is 0 Å². The van der Waals surface area contributed by atoms with Crippen LogP contribution in [0.5, 0.6) is 0 Å². The highest BCUT2D eigenvalue weighted by Gasteiger charge is 2.14. The molecule has 0 spiro atoms. The zero-order valence-electron chi connectivity index (χ0n) is 14.6. The maximum absolute atomic E-state index is 10.7. The van der Waals surface area contributed by atoms with E-state index < -0.39 is 0 Å². The van der Waals surface area contributed by atoms with Crippen LogP contribution in [0.4, 0.5) is 5.95 Å². The Morgan fingerprint density at radius 3 is 2.81 bits per heavy atom. The molecule has 0 aliphatic carbocycles. The summed E-state index contributed by atoms with van der Waals surface area (Å²) >= 11 is 12.3. The van der Waals surface area contributed by atoms with Gasteiger partial charge in [-0.05, 0) is 44.4 Å². The first-order valence-electron chi connectivity index (χ1n) is 8.10. The Bertz CT molecular complexity index is 810. The molecule has 6 nitrogen and oxygen atoms in total. The first-order valence-corrected chi connectivity index (χ1v) is 8.85. The van der Waals surface area contributed by atoms with Gasteiger partial charge in [0.2, 0.25) is 12.4 Å². The second-order valence-electron chi connectivity index (χ2n) is 5.80. The molecule has 8 heteroatoms. The van der Waals surface area contributed by atoms with Crippen LogP contribution >= 0.6 is 23.2 Å². The van der Waals surface area contributed by atoms with Gasteiger partial charge in [0.1, 0.15) is 0 Å². The molecule has 0 fully saturated rings. The van der Waals surface area contributed by atoms with Gasteiger partial charge in [-0.25, -0.2) is 9.97 Å². The minimum atomic E-state index is -0.338. The van der Waals surface area contributed by atoms with Crippen molar-refractivity contribution in [2.24, 2.45) is 5.73 Å². The molecule has 1 aromatic carbocycles. The molecule has 2 aromatic rings. The van der Waals surface area contributed by atoms with Crippen LogP contribution in [0.15, 0.2) is 41.9 Å². The third-order valence-corrected chi connectivity index (χ3v) is 4.72. The molecule has 2 rings (SSSR count). The fourth-order valence-corrected chi connectivity index (χ4v) is 2.79. The average molecular weight is 394 g/mol. The minimum absolute atomic E-state index is 0.338. The molecular formula is C18H21Cl2N5O. The lowest BCUT2D eigenvalue weighted by Crippen LogP contribution is -2.32. The van der Waals surface area contributed by atoms with Crippen LogP contribution in [0.1, 0.15) is 24.6 Å². The summed E-state index contributed by atoms with van der Waals surface area (Å²) in [4.78, 5) is 19.3. The van der Waals surface area contributed by atoms with Crippen molar-refractivity contribution in [1.82, 2.24) is 15.3 Å². The van der Waals surface area contributed by atoms with Gasteiger partial charge in [-0.3, -0.25) is 4.79 Å². The number of allylic oxidation sites excluding steroid dienone is 1. The smallest absolute Gasteiger partial charge is 0.227 e. The third-order valence-electron chi connectivity index (χ3n) is 3.87. The van der Waals surface area contributed by atoms with Gasteiger partial charge in [-0.15, -0.1) is 0 Å². The summed E-state index contributed by atoms with van der Waals surface area (Å²) in [5.74, 6) is 0.443. The Labute approximate surface area is 162 Å². The number of rotatable bonds is 8. The van der Waals surface area contributed by atoms with Crippen LogP contribution in [-0.2, 0) is 11.2 Å². The minimum Gasteiger partial charge on any atom is -0.399 e. The van der Waals surface area contributed by atoms with Crippen LogP contribution in [0.3, 0.4) is 0 Å². The van der Waals surface area contributed by atoms with Crippen molar-refractivity contribution in [3.63, 3.8) is 0 Å². The number of carbonyl (C=O) groups is 1. The van der Waals surface area contributed by atoms with Gasteiger partial charge in [0, 0.05) is 17.6 Å². The molecule has 0 bridgehead atoms. The number of aryl methyl sites for hydroxylation is 2. The van der Waals surface area contributed by atoms with E-state index in [1.807, 2.05) is 19.1 Å². The van der Waals surface area contributed by atoms with Gasteiger partial charge in [0.25, 0.3) is 0 Å². The molecule has 0 aliphatic heterocycles. The number of nitrogens with two attached hydrogens (primary N) is 1. The van der Waals surface area contributed by atoms with Crippen LogP contribution in [-0.4, -0.2) is 22.4 Å². The number of nitrogens with zero attached hydrogens (tertiary/aromatic N) is 2. The lowest BCUT2D eigenvalue weighted by molar-refractivity contribution is -0.109. The van der Waals surface area contributed by atoms with Crippen LogP contribution in [0, 0.1) is 6.92 Å². The molecule has 1 amide bonds. The second-order valence-corrected chi connectivity index (χ2v) is 6.58. The van der Waals surface area contributed by atoms with Gasteiger partial charge in [0.05, 0.1) is 21.8 Å². The summed E-state index contributed by atoms with van der Waals surface area (Å²) in [5.41, 5.74) is 9.20. The number of nitrogens with one attached hydrogen (secondary N) is 2. The third kappa shape index (κ3) is 5.34. The summed E-state index contributed by atoms with van der Waals surface area (Å²) < 4.78 is 0. The maximum Gasteiger partial charge on any atom is 0.227 e. The summed E-state index contributed by atoms with van der Waals surface area (Å²) in [6.07, 6.45) is 3.45. The van der Waals surface area contributed by atoms with Crippen molar-refractivity contribution in [2.45, 2.75) is 32.7 Å². The highest BCUT2D eigenvalue weighted by molar-refractivity contribution is 6.42. The Morgan fingerprint density at radius 1 is 1.35 bits per heavy atom. The fourth-order valence-electron chi connectivity index (χ4n) is 2.38. The molecule has 0 saturated heterocycles. The Morgan fingerprint density at radius 2 is 2.12 bits per heavy atom. The molecule has 0 aliphatic rings. The average Bonchev–Trinajstić information content (AvgIpc) is 2.61. The monoisotopic (exact) mass is 393 g/mol. The number of anilines is 1. The molecule has 1 aromatic heterocycles. The lowest BCUT2D eigenvalue weighted by atomic mass is 10.1. The summed E-state index contributed by atoms with van der Waals surface area (Å²) in [7, 11) is 0. The van der Waals surface area contributed by atoms with Gasteiger partial charge < -0.3 is 16.4 Å². The number of hydrogen-bond donors (Lipinski definition) is 3. The van der Waals surface area contributed by atoms with Crippen molar-refractivity contribution >= 4 is 35.6 Å². The van der Waals surface area contributed by atoms with E-state index >= 15 is 0 Å². The molecule has 1 heterocycles. The molecule has 1 atom stereocenters. The molecular weight excluding hydrogens is 373 g/mol. The molecule has 26 heavy (non-hydrogen) atoms. The largest absolute Gasteiger partial charge is 0.399 e. The van der Waals surface area contributed by atoms with Crippen LogP contribution in [0.25, 0.3) is 0 Å². The normalized spacial score (nSPS) is 12.9. The Balaban J connectivity index is 2.26. The predicted molar refractivity (Wildman–Crippen MR) is 105 cm³/mol. The van der Waals surface area contributed by atoms with Gasteiger partial charge in [0.15, 0.2) is 0 Å². The van der Waals surface area contributed by atoms with Crippen molar-refractivity contribution < 1.29 is 4.79 Å². The topological polar surface area (TPSA) is 92.9 Å². The zero-order chi connectivity index (χ0) is 19.1.